The van der Waals surface area contributed by atoms with Crippen molar-refractivity contribution in [3.05, 3.63) is 146 Å². The van der Waals surface area contributed by atoms with Crippen molar-refractivity contribution in [2.24, 2.45) is 0 Å². The summed E-state index contributed by atoms with van der Waals surface area (Å²) in [4.78, 5) is 0. The lowest BCUT2D eigenvalue weighted by atomic mass is 9.84. The lowest BCUT2D eigenvalue weighted by Gasteiger charge is -2.20. The van der Waals surface area contributed by atoms with E-state index in [9.17, 15) is 0 Å². The Balaban J connectivity index is 1.79. The minimum Gasteiger partial charge on any atom is -0.0984 e. The van der Waals surface area contributed by atoms with Crippen LogP contribution in [0.2, 0.25) is 0 Å². The van der Waals surface area contributed by atoms with Gasteiger partial charge in [-0.25, -0.2) is 0 Å². The largest absolute Gasteiger partial charge is 0.0984 e. The standard InChI is InChI=1S/C38H28/c1-5-25-16-13-21-31(27(25)6-2)35-23-38-34-20-12-11-19-33(34)37(24-36(38)29(8-4)28(35)7-3)32-22-14-17-26-15-9-10-18-30(26)32/h5-24H,1-4H2. The first-order chi connectivity index (χ1) is 18.7. The molecule has 0 saturated carbocycles. The highest BCUT2D eigenvalue weighted by molar-refractivity contribution is 6.19. The molecule has 0 heteroatoms. The van der Waals surface area contributed by atoms with E-state index >= 15 is 0 Å². The van der Waals surface area contributed by atoms with Gasteiger partial charge in [0.25, 0.3) is 0 Å². The number of benzene rings is 6. The van der Waals surface area contributed by atoms with E-state index in [1.807, 2.05) is 24.3 Å². The summed E-state index contributed by atoms with van der Waals surface area (Å²) in [6.07, 6.45) is 7.72. The second kappa shape index (κ2) is 9.50. The van der Waals surface area contributed by atoms with E-state index in [0.717, 1.165) is 33.4 Å². The Kier molecular flexibility index (Phi) is 5.86. The van der Waals surface area contributed by atoms with Gasteiger partial charge < -0.3 is 0 Å². The Morgan fingerprint density at radius 2 is 0.974 bits per heavy atom. The maximum atomic E-state index is 4.25. The Morgan fingerprint density at radius 1 is 0.368 bits per heavy atom. The van der Waals surface area contributed by atoms with Gasteiger partial charge in [-0.05, 0) is 89.0 Å². The molecule has 180 valence electrons. The van der Waals surface area contributed by atoms with Crippen LogP contribution in [0.25, 0.3) is 78.9 Å². The van der Waals surface area contributed by atoms with Gasteiger partial charge in [-0.1, -0.05) is 136 Å². The van der Waals surface area contributed by atoms with Crippen LogP contribution in [0.15, 0.2) is 123 Å². The molecule has 6 rings (SSSR count). The predicted molar refractivity (Wildman–Crippen MR) is 170 cm³/mol. The molecule has 0 aromatic heterocycles. The molecule has 0 atom stereocenters. The third-order valence-electron chi connectivity index (χ3n) is 7.59. The highest BCUT2D eigenvalue weighted by Gasteiger charge is 2.18. The molecule has 0 spiro atoms. The molecule has 0 radical (unpaired) electrons. The lowest BCUT2D eigenvalue weighted by molar-refractivity contribution is 1.56. The van der Waals surface area contributed by atoms with Gasteiger partial charge in [0.05, 0.1) is 0 Å². The van der Waals surface area contributed by atoms with Crippen molar-refractivity contribution >= 4 is 56.6 Å². The van der Waals surface area contributed by atoms with Gasteiger partial charge in [-0.2, -0.15) is 0 Å². The molecule has 38 heavy (non-hydrogen) atoms. The molecule has 0 aliphatic rings. The van der Waals surface area contributed by atoms with Gasteiger partial charge in [0.1, 0.15) is 0 Å². The van der Waals surface area contributed by atoms with Gasteiger partial charge in [0.15, 0.2) is 0 Å². The highest BCUT2D eigenvalue weighted by atomic mass is 14.2. The van der Waals surface area contributed by atoms with E-state index in [1.165, 1.54) is 43.4 Å². The minimum absolute atomic E-state index is 1.06. The first-order valence-corrected chi connectivity index (χ1v) is 12.8. The summed E-state index contributed by atoms with van der Waals surface area (Å²) in [7, 11) is 0. The van der Waals surface area contributed by atoms with Gasteiger partial charge in [0.2, 0.25) is 0 Å². The fourth-order valence-corrected chi connectivity index (χ4v) is 5.86. The summed E-state index contributed by atoms with van der Waals surface area (Å²) in [5, 5.41) is 7.29. The molecular weight excluding hydrogens is 456 g/mol. The molecule has 0 bridgehead atoms. The number of fused-ring (bicyclic) bond motifs is 4. The van der Waals surface area contributed by atoms with E-state index < -0.39 is 0 Å². The van der Waals surface area contributed by atoms with Crippen LogP contribution in [-0.4, -0.2) is 0 Å². The SMILES string of the molecule is C=Cc1cccc(-c2cc3c(cc(-c4cccc5ccccc45)c4ccccc43)c(C=C)c2C=C)c1C=C. The molecule has 0 aliphatic carbocycles. The molecule has 0 N–H and O–H groups in total. The molecular formula is C38H28. The summed E-state index contributed by atoms with van der Waals surface area (Å²) in [5.41, 5.74) is 8.95. The maximum absolute atomic E-state index is 4.25. The molecule has 0 heterocycles. The molecule has 0 saturated heterocycles. The summed E-state index contributed by atoms with van der Waals surface area (Å²) >= 11 is 0. The zero-order valence-corrected chi connectivity index (χ0v) is 21.4. The van der Waals surface area contributed by atoms with Crippen LogP contribution in [0.3, 0.4) is 0 Å². The Bertz CT molecular complexity index is 1930. The fourth-order valence-electron chi connectivity index (χ4n) is 5.86. The molecule has 0 nitrogen and oxygen atoms in total. The molecule has 6 aromatic rings. The molecule has 0 aliphatic heterocycles. The average Bonchev–Trinajstić information content (AvgIpc) is 2.98. The number of hydrogen-bond acceptors (Lipinski definition) is 0. The van der Waals surface area contributed by atoms with Crippen molar-refractivity contribution in [1.82, 2.24) is 0 Å². The third kappa shape index (κ3) is 3.54. The van der Waals surface area contributed by atoms with Crippen molar-refractivity contribution in [3.8, 4) is 22.3 Å². The van der Waals surface area contributed by atoms with Crippen LogP contribution in [0.1, 0.15) is 22.3 Å². The zero-order valence-electron chi connectivity index (χ0n) is 21.4. The van der Waals surface area contributed by atoms with Crippen LogP contribution >= 0.6 is 0 Å². The Labute approximate surface area is 224 Å². The molecule has 0 amide bonds. The van der Waals surface area contributed by atoms with E-state index in [2.05, 4.69) is 123 Å². The van der Waals surface area contributed by atoms with Crippen LogP contribution in [0.4, 0.5) is 0 Å². The third-order valence-corrected chi connectivity index (χ3v) is 7.59. The predicted octanol–water partition coefficient (Wildman–Crippen LogP) is 11.1. The van der Waals surface area contributed by atoms with Gasteiger partial charge >= 0.3 is 0 Å². The molecule has 0 fully saturated rings. The van der Waals surface area contributed by atoms with Gasteiger partial charge in [-0.3, -0.25) is 0 Å². The van der Waals surface area contributed by atoms with Crippen LogP contribution in [-0.2, 0) is 0 Å². The van der Waals surface area contributed by atoms with Crippen molar-refractivity contribution in [2.75, 3.05) is 0 Å². The summed E-state index contributed by atoms with van der Waals surface area (Å²) < 4.78 is 0. The average molecular weight is 485 g/mol. The quantitative estimate of drug-likeness (QED) is 0.206. The molecule has 6 aromatic carbocycles. The highest BCUT2D eigenvalue weighted by Crippen LogP contribution is 2.43. The van der Waals surface area contributed by atoms with Crippen molar-refractivity contribution in [2.45, 2.75) is 0 Å². The summed E-state index contributed by atoms with van der Waals surface area (Å²) in [6, 6.07) is 34.8. The second-order valence-electron chi connectivity index (χ2n) is 9.47. The molecule has 0 unspecified atom stereocenters. The van der Waals surface area contributed by atoms with E-state index in [-0.39, 0.29) is 0 Å². The normalized spacial score (nSPS) is 11.1. The first kappa shape index (κ1) is 23.5. The van der Waals surface area contributed by atoms with Crippen LogP contribution < -0.4 is 0 Å². The summed E-state index contributed by atoms with van der Waals surface area (Å²) in [5.74, 6) is 0. The second-order valence-corrected chi connectivity index (χ2v) is 9.47. The topological polar surface area (TPSA) is 0 Å². The Morgan fingerprint density at radius 3 is 1.71 bits per heavy atom. The first-order valence-electron chi connectivity index (χ1n) is 12.8. The van der Waals surface area contributed by atoms with E-state index in [1.54, 1.807) is 0 Å². The van der Waals surface area contributed by atoms with Crippen molar-refractivity contribution in [1.29, 1.82) is 0 Å². The minimum atomic E-state index is 1.06. The maximum Gasteiger partial charge on any atom is -0.00923 e. The van der Waals surface area contributed by atoms with Crippen LogP contribution in [0.5, 0.6) is 0 Å². The number of hydrogen-bond donors (Lipinski definition) is 0. The monoisotopic (exact) mass is 484 g/mol. The van der Waals surface area contributed by atoms with Crippen molar-refractivity contribution in [3.63, 3.8) is 0 Å². The Hall–Kier alpha value is -4.94. The van der Waals surface area contributed by atoms with E-state index in [0.29, 0.717) is 0 Å². The lowest BCUT2D eigenvalue weighted by Crippen LogP contribution is -1.95. The zero-order chi connectivity index (χ0) is 26.2. The van der Waals surface area contributed by atoms with Gasteiger partial charge in [-0.15, -0.1) is 0 Å². The van der Waals surface area contributed by atoms with Gasteiger partial charge in [0, 0.05) is 0 Å². The smallest absolute Gasteiger partial charge is 0.00923 e. The van der Waals surface area contributed by atoms with E-state index in [4.69, 9.17) is 0 Å². The summed E-state index contributed by atoms with van der Waals surface area (Å²) in [6.45, 7) is 16.6. The fraction of sp³-hybridized carbons (Fsp3) is 0. The number of rotatable bonds is 6. The van der Waals surface area contributed by atoms with Crippen molar-refractivity contribution < 1.29 is 0 Å². The van der Waals surface area contributed by atoms with Crippen LogP contribution in [0, 0.1) is 0 Å².